The number of furan rings is 1. The van der Waals surface area contributed by atoms with Gasteiger partial charge in [-0.3, -0.25) is 4.79 Å². The van der Waals surface area contributed by atoms with Crippen LogP contribution in [0.5, 0.6) is 28.7 Å². The highest BCUT2D eigenvalue weighted by Crippen LogP contribution is 2.37. The second-order valence-corrected chi connectivity index (χ2v) is 9.33. The Morgan fingerprint density at radius 1 is 0.767 bits per heavy atom. The molecule has 43 heavy (non-hydrogen) atoms. The maximum Gasteiger partial charge on any atom is 0.348 e. The van der Waals surface area contributed by atoms with Crippen molar-refractivity contribution in [3.05, 3.63) is 108 Å². The molecular formula is C35H30O8. The van der Waals surface area contributed by atoms with E-state index in [-0.39, 0.29) is 17.1 Å². The zero-order valence-corrected chi connectivity index (χ0v) is 24.2. The van der Waals surface area contributed by atoms with Gasteiger partial charge in [-0.05, 0) is 61.0 Å². The molecule has 0 atom stereocenters. The van der Waals surface area contributed by atoms with E-state index in [1.807, 2.05) is 37.3 Å². The first-order chi connectivity index (χ1) is 20.9. The molecule has 8 nitrogen and oxygen atoms in total. The molecule has 0 radical (unpaired) electrons. The van der Waals surface area contributed by atoms with Crippen molar-refractivity contribution in [3.63, 3.8) is 0 Å². The number of fused-ring (bicyclic) bond motifs is 1. The molecule has 0 aliphatic carbocycles. The normalized spacial score (nSPS) is 11.0. The van der Waals surface area contributed by atoms with Crippen LogP contribution >= 0.6 is 0 Å². The summed E-state index contributed by atoms with van der Waals surface area (Å²) in [5.74, 6) is 1.65. The van der Waals surface area contributed by atoms with E-state index in [1.165, 1.54) is 20.3 Å². The number of rotatable bonds is 11. The lowest BCUT2D eigenvalue weighted by atomic mass is 10.1. The number of ketones is 1. The Labute approximate surface area is 249 Å². The zero-order chi connectivity index (χ0) is 30.3. The van der Waals surface area contributed by atoms with Gasteiger partial charge in [-0.25, -0.2) is 4.79 Å². The second kappa shape index (κ2) is 13.0. The first kappa shape index (κ1) is 29.0. The molecule has 0 N–H and O–H groups in total. The summed E-state index contributed by atoms with van der Waals surface area (Å²) >= 11 is 0. The van der Waals surface area contributed by atoms with E-state index in [1.54, 1.807) is 67.8 Å². The van der Waals surface area contributed by atoms with Crippen LogP contribution < -0.4 is 23.7 Å². The van der Waals surface area contributed by atoms with E-state index in [9.17, 15) is 9.59 Å². The molecule has 0 aliphatic rings. The van der Waals surface area contributed by atoms with Crippen LogP contribution in [-0.2, 0) is 0 Å². The van der Waals surface area contributed by atoms with Gasteiger partial charge in [0.05, 0.1) is 33.5 Å². The Balaban J connectivity index is 1.44. The fraction of sp³-hybridized carbons (Fsp3) is 0.143. The summed E-state index contributed by atoms with van der Waals surface area (Å²) in [5, 5.41) is 0.570. The lowest BCUT2D eigenvalue weighted by molar-refractivity contribution is 0.0731. The number of benzene rings is 4. The zero-order valence-electron chi connectivity index (χ0n) is 24.2. The quantitative estimate of drug-likeness (QED) is 0.0683. The molecule has 0 amide bonds. The first-order valence-electron chi connectivity index (χ1n) is 13.5. The molecule has 4 aromatic carbocycles. The van der Waals surface area contributed by atoms with Gasteiger partial charge in [-0.15, -0.1) is 0 Å². The topological polar surface area (TPSA) is 93.4 Å². The molecule has 1 heterocycles. The van der Waals surface area contributed by atoms with Crippen molar-refractivity contribution >= 4 is 28.8 Å². The molecule has 0 spiro atoms. The molecule has 8 heteroatoms. The Morgan fingerprint density at radius 3 is 2.26 bits per heavy atom. The van der Waals surface area contributed by atoms with Crippen LogP contribution in [0, 0.1) is 0 Å². The summed E-state index contributed by atoms with van der Waals surface area (Å²) in [7, 11) is 4.51. The Kier molecular flexibility index (Phi) is 8.77. The Morgan fingerprint density at radius 2 is 1.53 bits per heavy atom. The fourth-order valence-electron chi connectivity index (χ4n) is 4.62. The number of carbonyl (C=O) groups excluding carboxylic acids is 2. The highest BCUT2D eigenvalue weighted by molar-refractivity contribution is 6.10. The first-order valence-corrected chi connectivity index (χ1v) is 13.5. The molecule has 0 saturated heterocycles. The predicted molar refractivity (Wildman–Crippen MR) is 164 cm³/mol. The second-order valence-electron chi connectivity index (χ2n) is 9.33. The lowest BCUT2D eigenvalue weighted by Crippen LogP contribution is -2.10. The number of allylic oxidation sites excluding steroid dienone is 1. The number of esters is 1. The largest absolute Gasteiger partial charge is 0.497 e. The highest BCUT2D eigenvalue weighted by atomic mass is 16.6. The molecule has 5 rings (SSSR count). The van der Waals surface area contributed by atoms with Crippen molar-refractivity contribution < 1.29 is 37.7 Å². The van der Waals surface area contributed by atoms with Gasteiger partial charge in [-0.2, -0.15) is 0 Å². The third-order valence-electron chi connectivity index (χ3n) is 6.70. The number of methoxy groups -OCH3 is 3. The van der Waals surface area contributed by atoms with Gasteiger partial charge in [0.25, 0.3) is 0 Å². The summed E-state index contributed by atoms with van der Waals surface area (Å²) in [4.78, 5) is 26.6. The maximum absolute atomic E-state index is 13.7. The summed E-state index contributed by atoms with van der Waals surface area (Å²) in [6, 6.07) is 24.7. The van der Waals surface area contributed by atoms with Gasteiger partial charge < -0.3 is 28.1 Å². The van der Waals surface area contributed by atoms with Gasteiger partial charge in [-0.1, -0.05) is 42.5 Å². The standard InChI is InChI=1S/C35H30O8/c1-5-41-25-14-18-29-27(20-25)33(34(42-29)23-9-7-6-8-10-23)35(37)43-30-17-12-22(19-32(30)40-4)11-16-28(36)26-15-13-24(38-2)21-31(26)39-3/h6-21H,5H2,1-4H3. The minimum atomic E-state index is -0.616. The van der Waals surface area contributed by atoms with E-state index in [0.29, 0.717) is 57.5 Å². The van der Waals surface area contributed by atoms with Gasteiger partial charge in [0.1, 0.15) is 34.2 Å². The molecule has 5 aromatic rings. The Hall–Kier alpha value is -5.50. The summed E-state index contributed by atoms with van der Waals surface area (Å²) in [6.45, 7) is 2.37. The summed E-state index contributed by atoms with van der Waals surface area (Å²) in [5.41, 5.74) is 2.59. The van der Waals surface area contributed by atoms with Crippen LogP contribution in [-0.4, -0.2) is 39.7 Å². The SMILES string of the molecule is CCOc1ccc2oc(-c3ccccc3)c(C(=O)Oc3ccc(C=CC(=O)c4ccc(OC)cc4OC)cc3OC)c2c1. The molecule has 0 unspecified atom stereocenters. The Bertz CT molecular complexity index is 1800. The minimum Gasteiger partial charge on any atom is -0.497 e. The van der Waals surface area contributed by atoms with E-state index in [4.69, 9.17) is 28.1 Å². The number of ether oxygens (including phenoxy) is 5. The van der Waals surface area contributed by atoms with Crippen molar-refractivity contribution in [1.29, 1.82) is 0 Å². The average molecular weight is 579 g/mol. The monoisotopic (exact) mass is 578 g/mol. The highest BCUT2D eigenvalue weighted by Gasteiger charge is 2.25. The maximum atomic E-state index is 13.7. The fourth-order valence-corrected chi connectivity index (χ4v) is 4.62. The van der Waals surface area contributed by atoms with Crippen molar-refractivity contribution in [2.75, 3.05) is 27.9 Å². The summed E-state index contributed by atoms with van der Waals surface area (Å²) < 4.78 is 33.8. The number of hydrogen-bond acceptors (Lipinski definition) is 8. The van der Waals surface area contributed by atoms with E-state index < -0.39 is 5.97 Å². The lowest BCUT2D eigenvalue weighted by Gasteiger charge is -2.11. The predicted octanol–water partition coefficient (Wildman–Crippen LogP) is 7.64. The van der Waals surface area contributed by atoms with Gasteiger partial charge in [0, 0.05) is 17.0 Å². The molecule has 0 saturated carbocycles. The van der Waals surface area contributed by atoms with Gasteiger partial charge in [0.15, 0.2) is 17.3 Å². The van der Waals surface area contributed by atoms with Crippen molar-refractivity contribution in [2.24, 2.45) is 0 Å². The minimum absolute atomic E-state index is 0.210. The van der Waals surface area contributed by atoms with Crippen molar-refractivity contribution in [2.45, 2.75) is 6.92 Å². The van der Waals surface area contributed by atoms with Gasteiger partial charge >= 0.3 is 5.97 Å². The third-order valence-corrected chi connectivity index (χ3v) is 6.70. The van der Waals surface area contributed by atoms with Crippen LogP contribution in [0.15, 0.2) is 95.4 Å². The van der Waals surface area contributed by atoms with Crippen LogP contribution in [0.25, 0.3) is 28.4 Å². The van der Waals surface area contributed by atoms with Crippen LogP contribution in [0.1, 0.15) is 33.2 Å². The van der Waals surface area contributed by atoms with Crippen molar-refractivity contribution in [1.82, 2.24) is 0 Å². The van der Waals surface area contributed by atoms with E-state index in [0.717, 1.165) is 5.56 Å². The number of hydrogen-bond donors (Lipinski definition) is 0. The molecule has 0 aliphatic heterocycles. The smallest absolute Gasteiger partial charge is 0.348 e. The summed E-state index contributed by atoms with van der Waals surface area (Å²) in [6.07, 6.45) is 3.08. The van der Waals surface area contributed by atoms with Crippen LogP contribution in [0.3, 0.4) is 0 Å². The molecule has 218 valence electrons. The van der Waals surface area contributed by atoms with E-state index >= 15 is 0 Å². The molecule has 0 fully saturated rings. The number of carbonyl (C=O) groups is 2. The molecular weight excluding hydrogens is 548 g/mol. The third kappa shape index (κ3) is 6.23. The molecule has 1 aromatic heterocycles. The van der Waals surface area contributed by atoms with Gasteiger partial charge in [0.2, 0.25) is 0 Å². The van der Waals surface area contributed by atoms with E-state index in [2.05, 4.69) is 0 Å². The van der Waals surface area contributed by atoms with Crippen LogP contribution in [0.2, 0.25) is 0 Å². The molecule has 0 bridgehead atoms. The van der Waals surface area contributed by atoms with Crippen molar-refractivity contribution in [3.8, 4) is 40.1 Å². The van der Waals surface area contributed by atoms with Crippen LogP contribution in [0.4, 0.5) is 0 Å². The average Bonchev–Trinajstić information content (AvgIpc) is 3.43.